The maximum Gasteiger partial charge on any atom is 0.251 e. The lowest BCUT2D eigenvalue weighted by molar-refractivity contribution is -0.129. The molecule has 2 rings (SSSR count). The molecular weight excluding hydrogens is 280 g/mol. The second kappa shape index (κ2) is 6.09. The first-order valence-corrected chi connectivity index (χ1v) is 7.10. The van der Waals surface area contributed by atoms with Crippen LogP contribution in [-0.4, -0.2) is 20.9 Å². The zero-order valence-electron chi connectivity index (χ0n) is 13.2. The third-order valence-electron chi connectivity index (χ3n) is 3.17. The number of aromatic amines is 1. The molecule has 1 unspecified atom stereocenters. The molecule has 0 aliphatic carbocycles. The number of carbonyl (C=O) groups is 1. The number of carbonyl (C=O) groups excluding carboxylic acids is 1. The maximum atomic E-state index is 12.1. The highest BCUT2D eigenvalue weighted by molar-refractivity contribution is 5.81. The van der Waals surface area contributed by atoms with E-state index in [1.807, 2.05) is 26.8 Å². The first-order chi connectivity index (χ1) is 10.3. The van der Waals surface area contributed by atoms with Crippen LogP contribution < -0.4 is 10.9 Å². The molecule has 22 heavy (non-hydrogen) atoms. The fourth-order valence-electron chi connectivity index (χ4n) is 1.82. The van der Waals surface area contributed by atoms with Gasteiger partial charge in [0.1, 0.15) is 5.82 Å². The van der Waals surface area contributed by atoms with E-state index in [2.05, 4.69) is 20.3 Å². The van der Waals surface area contributed by atoms with Crippen LogP contribution in [0, 0.1) is 5.41 Å². The molecule has 1 amide bonds. The number of hydrogen-bond donors (Lipinski definition) is 2. The summed E-state index contributed by atoms with van der Waals surface area (Å²) in [6.07, 6.45) is 3.28. The highest BCUT2D eigenvalue weighted by atomic mass is 16.2. The zero-order valence-corrected chi connectivity index (χ0v) is 13.2. The van der Waals surface area contributed by atoms with Crippen molar-refractivity contribution < 1.29 is 4.79 Å². The molecule has 1 atom stereocenters. The molecule has 0 saturated heterocycles. The number of H-pyrrole nitrogens is 1. The van der Waals surface area contributed by atoms with Crippen LogP contribution in [0.15, 0.2) is 35.4 Å². The van der Waals surface area contributed by atoms with Gasteiger partial charge in [0.15, 0.2) is 0 Å². The molecule has 0 aliphatic rings. The van der Waals surface area contributed by atoms with Crippen molar-refractivity contribution in [1.29, 1.82) is 0 Å². The minimum Gasteiger partial charge on any atom is -0.348 e. The molecule has 0 bridgehead atoms. The predicted octanol–water partition coefficient (Wildman–Crippen LogP) is 2.06. The van der Waals surface area contributed by atoms with E-state index in [0.29, 0.717) is 11.5 Å². The molecule has 0 fully saturated rings. The van der Waals surface area contributed by atoms with Gasteiger partial charge in [-0.3, -0.25) is 14.6 Å². The van der Waals surface area contributed by atoms with E-state index < -0.39 is 5.41 Å². The first kappa shape index (κ1) is 15.9. The molecule has 2 heterocycles. The van der Waals surface area contributed by atoms with Crippen LogP contribution in [0.2, 0.25) is 0 Å². The molecule has 2 aromatic rings. The summed E-state index contributed by atoms with van der Waals surface area (Å²) in [7, 11) is 0. The summed E-state index contributed by atoms with van der Waals surface area (Å²) in [5.74, 6) is 0.345. The number of nitrogens with zero attached hydrogens (tertiary/aromatic N) is 2. The standard InChI is InChI=1S/C16H20N4O2/c1-10(18-15(22)16(2,3)4)12-8-13(21)20-14(19-12)11-6-5-7-17-9-11/h5-10H,1-4H3,(H,18,22)(H,19,20,21). The Morgan fingerprint density at radius 3 is 2.68 bits per heavy atom. The summed E-state index contributed by atoms with van der Waals surface area (Å²) in [4.78, 5) is 35.0. The van der Waals surface area contributed by atoms with Gasteiger partial charge in [0.2, 0.25) is 5.91 Å². The van der Waals surface area contributed by atoms with E-state index in [9.17, 15) is 9.59 Å². The molecule has 0 aliphatic heterocycles. The van der Waals surface area contributed by atoms with Crippen molar-refractivity contribution in [3.8, 4) is 11.4 Å². The van der Waals surface area contributed by atoms with Gasteiger partial charge in [-0.25, -0.2) is 4.98 Å². The van der Waals surface area contributed by atoms with Crippen molar-refractivity contribution in [3.63, 3.8) is 0 Å². The lowest BCUT2D eigenvalue weighted by Gasteiger charge is -2.21. The smallest absolute Gasteiger partial charge is 0.251 e. The molecule has 2 N–H and O–H groups in total. The topological polar surface area (TPSA) is 87.7 Å². The average molecular weight is 300 g/mol. The summed E-state index contributed by atoms with van der Waals surface area (Å²) in [5.41, 5.74) is 0.471. The number of amides is 1. The highest BCUT2D eigenvalue weighted by Crippen LogP contribution is 2.18. The third-order valence-corrected chi connectivity index (χ3v) is 3.17. The zero-order chi connectivity index (χ0) is 16.3. The quantitative estimate of drug-likeness (QED) is 0.908. The largest absolute Gasteiger partial charge is 0.348 e. The minimum absolute atomic E-state index is 0.0926. The Morgan fingerprint density at radius 1 is 1.36 bits per heavy atom. The number of pyridine rings is 1. The van der Waals surface area contributed by atoms with Crippen molar-refractivity contribution >= 4 is 5.91 Å². The predicted molar refractivity (Wildman–Crippen MR) is 84.1 cm³/mol. The average Bonchev–Trinajstić information content (AvgIpc) is 2.46. The monoisotopic (exact) mass is 300 g/mol. The van der Waals surface area contributed by atoms with Crippen molar-refractivity contribution in [2.45, 2.75) is 33.7 Å². The molecule has 6 heteroatoms. The summed E-state index contributed by atoms with van der Waals surface area (Å²) in [6, 6.07) is 4.62. The van der Waals surface area contributed by atoms with Crippen LogP contribution in [-0.2, 0) is 4.79 Å². The van der Waals surface area contributed by atoms with E-state index in [0.717, 1.165) is 5.56 Å². The second-order valence-electron chi connectivity index (χ2n) is 6.21. The number of rotatable bonds is 3. The van der Waals surface area contributed by atoms with E-state index in [1.165, 1.54) is 6.07 Å². The van der Waals surface area contributed by atoms with Crippen LogP contribution >= 0.6 is 0 Å². The van der Waals surface area contributed by atoms with Gasteiger partial charge in [-0.1, -0.05) is 20.8 Å². The summed E-state index contributed by atoms with van der Waals surface area (Å²) in [5, 5.41) is 2.87. The van der Waals surface area contributed by atoms with Gasteiger partial charge in [0, 0.05) is 29.4 Å². The van der Waals surface area contributed by atoms with Crippen molar-refractivity contribution in [3.05, 3.63) is 46.6 Å². The molecule has 0 aromatic carbocycles. The first-order valence-electron chi connectivity index (χ1n) is 7.10. The molecule has 116 valence electrons. The van der Waals surface area contributed by atoms with E-state index >= 15 is 0 Å². The Hall–Kier alpha value is -2.50. The highest BCUT2D eigenvalue weighted by Gasteiger charge is 2.23. The Bertz CT molecular complexity index is 717. The van der Waals surface area contributed by atoms with Gasteiger partial charge in [-0.2, -0.15) is 0 Å². The summed E-state index contributed by atoms with van der Waals surface area (Å²) >= 11 is 0. The lowest BCUT2D eigenvalue weighted by atomic mass is 9.95. The van der Waals surface area contributed by atoms with Crippen LogP contribution in [0.25, 0.3) is 11.4 Å². The molecule has 0 radical (unpaired) electrons. The van der Waals surface area contributed by atoms with Crippen molar-refractivity contribution in [2.24, 2.45) is 5.41 Å². The van der Waals surface area contributed by atoms with Gasteiger partial charge < -0.3 is 10.3 Å². The maximum absolute atomic E-state index is 12.1. The SMILES string of the molecule is CC(NC(=O)C(C)(C)C)c1cc(=O)[nH]c(-c2cccnc2)n1. The summed E-state index contributed by atoms with van der Waals surface area (Å²) < 4.78 is 0. The Morgan fingerprint density at radius 2 is 2.09 bits per heavy atom. The van der Waals surface area contributed by atoms with Crippen LogP contribution in [0.5, 0.6) is 0 Å². The minimum atomic E-state index is -0.498. The van der Waals surface area contributed by atoms with Crippen LogP contribution in [0.1, 0.15) is 39.4 Å². The second-order valence-corrected chi connectivity index (χ2v) is 6.21. The Balaban J connectivity index is 2.31. The number of nitrogens with one attached hydrogen (secondary N) is 2. The third kappa shape index (κ3) is 3.78. The number of hydrogen-bond acceptors (Lipinski definition) is 4. The summed E-state index contributed by atoms with van der Waals surface area (Å²) in [6.45, 7) is 7.31. The van der Waals surface area contributed by atoms with Crippen molar-refractivity contribution in [1.82, 2.24) is 20.3 Å². The molecule has 2 aromatic heterocycles. The fourth-order valence-corrected chi connectivity index (χ4v) is 1.82. The van der Waals surface area contributed by atoms with Gasteiger partial charge in [-0.15, -0.1) is 0 Å². The van der Waals surface area contributed by atoms with Gasteiger partial charge in [0.25, 0.3) is 5.56 Å². The molecule has 0 saturated carbocycles. The number of aromatic nitrogens is 3. The molecule has 6 nitrogen and oxygen atoms in total. The van der Waals surface area contributed by atoms with Crippen LogP contribution in [0.4, 0.5) is 0 Å². The normalized spacial score (nSPS) is 12.7. The molecular formula is C16H20N4O2. The Labute approximate surface area is 129 Å². The van der Waals surface area contributed by atoms with E-state index in [4.69, 9.17) is 0 Å². The van der Waals surface area contributed by atoms with Crippen LogP contribution in [0.3, 0.4) is 0 Å². The van der Waals surface area contributed by atoms with Gasteiger partial charge >= 0.3 is 0 Å². The fraction of sp³-hybridized carbons (Fsp3) is 0.375. The van der Waals surface area contributed by atoms with E-state index in [1.54, 1.807) is 25.4 Å². The van der Waals surface area contributed by atoms with Gasteiger partial charge in [0.05, 0.1) is 11.7 Å². The lowest BCUT2D eigenvalue weighted by Crippen LogP contribution is -2.37. The Kier molecular flexibility index (Phi) is 4.40. The molecule has 0 spiro atoms. The van der Waals surface area contributed by atoms with Crippen molar-refractivity contribution in [2.75, 3.05) is 0 Å². The van der Waals surface area contributed by atoms with E-state index in [-0.39, 0.29) is 17.5 Å². The van der Waals surface area contributed by atoms with Gasteiger partial charge in [-0.05, 0) is 19.1 Å².